The van der Waals surface area contributed by atoms with Gasteiger partial charge < -0.3 is 14.9 Å². The number of hydrogen-bond acceptors (Lipinski definition) is 5. The molecule has 0 bridgehead atoms. The summed E-state index contributed by atoms with van der Waals surface area (Å²) in [5, 5.41) is 18.8. The minimum absolute atomic E-state index is 0.364. The number of cyclic esters (lactones) is 1. The van der Waals surface area contributed by atoms with E-state index in [1.165, 1.54) is 24.8 Å². The maximum atomic E-state index is 11.1. The molecular formula is C20H24O4S. The summed E-state index contributed by atoms with van der Waals surface area (Å²) in [6.07, 6.45) is 3.80. The molecule has 1 atom stereocenters. The molecule has 1 aliphatic heterocycles. The molecule has 25 heavy (non-hydrogen) atoms. The molecule has 0 radical (unpaired) electrons. The van der Waals surface area contributed by atoms with Crippen molar-refractivity contribution in [2.24, 2.45) is 0 Å². The first-order valence-corrected chi connectivity index (χ1v) is 9.76. The van der Waals surface area contributed by atoms with Gasteiger partial charge in [0.2, 0.25) is 5.76 Å². The van der Waals surface area contributed by atoms with Gasteiger partial charge in [-0.2, -0.15) is 11.8 Å². The van der Waals surface area contributed by atoms with Crippen molar-refractivity contribution in [1.82, 2.24) is 0 Å². The Labute approximate surface area is 153 Å². The van der Waals surface area contributed by atoms with Crippen LogP contribution in [0.25, 0.3) is 0 Å². The predicted molar refractivity (Wildman–Crippen MR) is 100 cm³/mol. The summed E-state index contributed by atoms with van der Waals surface area (Å²) in [6.45, 7) is 2.21. The summed E-state index contributed by atoms with van der Waals surface area (Å²) >= 11 is 1.93. The second-order valence-corrected chi connectivity index (χ2v) is 6.99. The topological polar surface area (TPSA) is 66.8 Å². The molecule has 1 aromatic carbocycles. The predicted octanol–water partition coefficient (Wildman–Crippen LogP) is 4.49. The average Bonchev–Trinajstić information content (AvgIpc) is 2.86. The Hall–Kier alpha value is -2.06. The van der Waals surface area contributed by atoms with Gasteiger partial charge >= 0.3 is 5.97 Å². The number of aliphatic hydroxyl groups is 2. The van der Waals surface area contributed by atoms with Crippen LogP contribution in [0.3, 0.4) is 0 Å². The Bertz CT molecular complexity index is 684. The minimum atomic E-state index is -0.874. The highest BCUT2D eigenvalue weighted by atomic mass is 32.2. The van der Waals surface area contributed by atoms with Gasteiger partial charge in [-0.05, 0) is 23.8 Å². The fourth-order valence-electron chi connectivity index (χ4n) is 2.46. The number of ether oxygens (including phenoxy) is 1. The molecule has 1 aromatic rings. The number of benzene rings is 1. The quantitative estimate of drug-likeness (QED) is 0.406. The fraction of sp³-hybridized carbons (Fsp3) is 0.450. The molecule has 0 saturated heterocycles. The molecule has 134 valence electrons. The second kappa shape index (κ2) is 10.0. The largest absolute Gasteiger partial charge is 0.505 e. The third-order valence-corrected chi connectivity index (χ3v) is 5.00. The highest BCUT2D eigenvalue weighted by Gasteiger charge is 2.33. The third kappa shape index (κ3) is 5.75. The highest BCUT2D eigenvalue weighted by molar-refractivity contribution is 7.98. The van der Waals surface area contributed by atoms with Gasteiger partial charge in [0, 0.05) is 24.2 Å². The zero-order chi connectivity index (χ0) is 18.1. The number of hydrogen-bond donors (Lipinski definition) is 2. The number of thioether (sulfide) groups is 1. The van der Waals surface area contributed by atoms with Crippen molar-refractivity contribution < 1.29 is 19.7 Å². The van der Waals surface area contributed by atoms with E-state index in [4.69, 9.17) is 4.74 Å². The zero-order valence-electron chi connectivity index (χ0n) is 14.5. The van der Waals surface area contributed by atoms with Crippen LogP contribution in [0, 0.1) is 11.8 Å². The van der Waals surface area contributed by atoms with Gasteiger partial charge in [-0.25, -0.2) is 4.79 Å². The Balaban J connectivity index is 1.85. The normalized spacial score (nSPS) is 16.5. The Morgan fingerprint density at radius 2 is 2.04 bits per heavy atom. The number of carbonyl (C=O) groups is 1. The summed E-state index contributed by atoms with van der Waals surface area (Å²) in [5.41, 5.74) is 2.24. The van der Waals surface area contributed by atoms with E-state index in [2.05, 4.69) is 24.8 Å². The van der Waals surface area contributed by atoms with Crippen LogP contribution >= 0.6 is 11.8 Å². The molecule has 0 spiro atoms. The van der Waals surface area contributed by atoms with Crippen molar-refractivity contribution >= 4 is 17.7 Å². The molecule has 4 nitrogen and oxygen atoms in total. The number of aliphatic hydroxyl groups excluding tert-OH is 2. The molecule has 1 unspecified atom stereocenters. The lowest BCUT2D eigenvalue weighted by Gasteiger charge is -2.06. The number of rotatable bonds is 8. The van der Waals surface area contributed by atoms with E-state index in [1.54, 1.807) is 0 Å². The van der Waals surface area contributed by atoms with E-state index in [1.807, 2.05) is 30.0 Å². The minimum Gasteiger partial charge on any atom is -0.505 e. The van der Waals surface area contributed by atoms with Crippen LogP contribution in [0.2, 0.25) is 0 Å². The van der Waals surface area contributed by atoms with Crippen LogP contribution in [0.5, 0.6) is 0 Å². The van der Waals surface area contributed by atoms with E-state index in [9.17, 15) is 15.0 Å². The van der Waals surface area contributed by atoms with Crippen molar-refractivity contribution in [3.8, 4) is 11.8 Å². The fourth-order valence-corrected chi connectivity index (χ4v) is 3.48. The number of unbranched alkanes of at least 4 members (excludes halogenated alkanes) is 2. The molecular weight excluding hydrogens is 336 g/mol. The zero-order valence-corrected chi connectivity index (χ0v) is 15.3. The second-order valence-electron chi connectivity index (χ2n) is 5.89. The first kappa shape index (κ1) is 19.3. The van der Waals surface area contributed by atoms with Gasteiger partial charge in [-0.1, -0.05) is 49.8 Å². The summed E-state index contributed by atoms with van der Waals surface area (Å²) in [7, 11) is 0. The molecule has 1 heterocycles. The maximum Gasteiger partial charge on any atom is 0.377 e. The summed E-state index contributed by atoms with van der Waals surface area (Å²) < 4.78 is 4.86. The molecule has 1 aliphatic rings. The SMILES string of the molecule is CCCCCSCc1ccccc1C#CCCC1OC(=O)C(O)=C1O. The highest BCUT2D eigenvalue weighted by Crippen LogP contribution is 2.22. The first-order valence-electron chi connectivity index (χ1n) is 8.61. The Morgan fingerprint density at radius 3 is 2.76 bits per heavy atom. The van der Waals surface area contributed by atoms with Crippen molar-refractivity contribution in [3.63, 3.8) is 0 Å². The van der Waals surface area contributed by atoms with Crippen molar-refractivity contribution in [2.75, 3.05) is 5.75 Å². The van der Waals surface area contributed by atoms with Crippen molar-refractivity contribution in [1.29, 1.82) is 0 Å². The maximum absolute atomic E-state index is 11.1. The van der Waals surface area contributed by atoms with Gasteiger partial charge in [0.05, 0.1) is 0 Å². The summed E-state index contributed by atoms with van der Waals surface area (Å²) in [4.78, 5) is 11.1. The van der Waals surface area contributed by atoms with Crippen LogP contribution in [0.15, 0.2) is 35.8 Å². The van der Waals surface area contributed by atoms with Gasteiger partial charge in [-0.3, -0.25) is 0 Å². The first-order chi connectivity index (χ1) is 12.1. The van der Waals surface area contributed by atoms with E-state index >= 15 is 0 Å². The average molecular weight is 360 g/mol. The van der Waals surface area contributed by atoms with Gasteiger partial charge in [0.25, 0.3) is 0 Å². The number of esters is 1. The molecule has 0 aliphatic carbocycles. The van der Waals surface area contributed by atoms with Crippen LogP contribution in [0.1, 0.15) is 50.2 Å². The molecule has 0 fully saturated rings. The lowest BCUT2D eigenvalue weighted by Crippen LogP contribution is -2.11. The van der Waals surface area contributed by atoms with Crippen molar-refractivity contribution in [2.45, 2.75) is 50.9 Å². The lowest BCUT2D eigenvalue weighted by molar-refractivity contribution is -0.142. The molecule has 2 N–H and O–H groups in total. The van der Waals surface area contributed by atoms with Crippen LogP contribution in [-0.2, 0) is 15.3 Å². The molecule has 2 rings (SSSR count). The van der Waals surface area contributed by atoms with E-state index in [-0.39, 0.29) is 0 Å². The molecule has 0 amide bonds. The smallest absolute Gasteiger partial charge is 0.377 e. The molecule has 5 heteroatoms. The molecule has 0 saturated carbocycles. The van der Waals surface area contributed by atoms with E-state index < -0.39 is 23.6 Å². The van der Waals surface area contributed by atoms with Crippen LogP contribution < -0.4 is 0 Å². The van der Waals surface area contributed by atoms with Crippen molar-refractivity contribution in [3.05, 3.63) is 46.9 Å². The Kier molecular flexibility index (Phi) is 7.75. The summed E-state index contributed by atoms with van der Waals surface area (Å²) in [5.74, 6) is 6.38. The standard InChI is InChI=1S/C20H24O4S/c1-2-3-8-13-25-14-16-11-5-4-9-15(16)10-6-7-12-17-18(21)19(22)20(23)24-17/h4-5,9,11,17,21-22H,2-3,7-8,12-14H2,1H3. The van der Waals surface area contributed by atoms with Gasteiger partial charge in [0.1, 0.15) is 0 Å². The van der Waals surface area contributed by atoms with E-state index in [0.29, 0.717) is 12.8 Å². The van der Waals surface area contributed by atoms with Gasteiger partial charge in [-0.15, -0.1) is 0 Å². The van der Waals surface area contributed by atoms with E-state index in [0.717, 1.165) is 17.1 Å². The van der Waals surface area contributed by atoms with Crippen LogP contribution in [-0.4, -0.2) is 28.0 Å². The Morgan fingerprint density at radius 1 is 1.24 bits per heavy atom. The van der Waals surface area contributed by atoms with Crippen LogP contribution in [0.4, 0.5) is 0 Å². The third-order valence-electron chi connectivity index (χ3n) is 3.91. The monoisotopic (exact) mass is 360 g/mol. The molecule has 0 aromatic heterocycles. The lowest BCUT2D eigenvalue weighted by atomic mass is 10.1. The number of carbonyl (C=O) groups excluding carboxylic acids is 1. The van der Waals surface area contributed by atoms with Gasteiger partial charge in [0.15, 0.2) is 11.9 Å². The summed E-state index contributed by atoms with van der Waals surface area (Å²) in [6, 6.07) is 8.10.